The second-order valence-electron chi connectivity index (χ2n) is 5.68. The van der Waals surface area contributed by atoms with Crippen LogP contribution in [0.25, 0.3) is 6.08 Å². The maximum atomic E-state index is 13.0. The number of carbonyl (C=O) groups is 1. The van der Waals surface area contributed by atoms with Crippen molar-refractivity contribution in [2.75, 3.05) is 0 Å². The van der Waals surface area contributed by atoms with Gasteiger partial charge in [-0.1, -0.05) is 23.7 Å². The minimum Gasteiger partial charge on any atom is -0.458 e. The van der Waals surface area contributed by atoms with Gasteiger partial charge in [-0.15, -0.1) is 0 Å². The Balaban J connectivity index is 1.80. The van der Waals surface area contributed by atoms with Gasteiger partial charge in [0.2, 0.25) is 5.78 Å². The van der Waals surface area contributed by atoms with Gasteiger partial charge in [0, 0.05) is 5.56 Å². The van der Waals surface area contributed by atoms with Gasteiger partial charge in [-0.2, -0.15) is 5.10 Å². The summed E-state index contributed by atoms with van der Waals surface area (Å²) in [7, 11) is 0. The average molecular weight is 359 g/mol. The number of benzene rings is 1. The predicted molar refractivity (Wildman–Crippen MR) is 94.3 cm³/mol. The van der Waals surface area contributed by atoms with E-state index in [9.17, 15) is 9.18 Å². The van der Waals surface area contributed by atoms with Gasteiger partial charge < -0.3 is 4.42 Å². The Kier molecular flexibility index (Phi) is 4.86. The van der Waals surface area contributed by atoms with Crippen molar-refractivity contribution in [1.29, 1.82) is 0 Å². The number of rotatable bonds is 5. The van der Waals surface area contributed by atoms with Crippen LogP contribution in [0.2, 0.25) is 5.15 Å². The molecule has 2 aromatic heterocycles. The fraction of sp³-hybridized carbons (Fsp3) is 0.158. The Labute approximate surface area is 149 Å². The van der Waals surface area contributed by atoms with Gasteiger partial charge in [0.05, 0.1) is 12.2 Å². The molecule has 3 rings (SSSR count). The molecular weight excluding hydrogens is 343 g/mol. The van der Waals surface area contributed by atoms with E-state index >= 15 is 0 Å². The Morgan fingerprint density at radius 3 is 2.60 bits per heavy atom. The molecule has 0 fully saturated rings. The molecule has 0 amide bonds. The summed E-state index contributed by atoms with van der Waals surface area (Å²) in [5, 5.41) is 4.81. The summed E-state index contributed by atoms with van der Waals surface area (Å²) >= 11 is 6.38. The molecule has 4 nitrogen and oxygen atoms in total. The molecule has 0 aliphatic rings. The number of allylic oxidation sites excluding steroid dienone is 1. The standard InChI is InChI=1S/C19H16ClFN2O2/c1-12-3-10-18(25-12)17(24)9-8-16-13(2)22-23(19(16)20)11-14-4-6-15(21)7-5-14/h3-10H,11H2,1-2H3/b9-8-. The molecule has 0 aliphatic carbocycles. The normalized spacial score (nSPS) is 11.4. The minimum atomic E-state index is -0.290. The van der Waals surface area contributed by atoms with Crippen LogP contribution in [0.5, 0.6) is 0 Å². The number of aromatic nitrogens is 2. The Hall–Kier alpha value is -2.66. The Bertz CT molecular complexity index is 939. The van der Waals surface area contributed by atoms with E-state index in [0.29, 0.717) is 28.7 Å². The molecule has 0 saturated heterocycles. The van der Waals surface area contributed by atoms with Crippen molar-refractivity contribution >= 4 is 23.5 Å². The Morgan fingerprint density at radius 1 is 1.24 bits per heavy atom. The lowest BCUT2D eigenvalue weighted by Crippen LogP contribution is -2.02. The van der Waals surface area contributed by atoms with Crippen LogP contribution in [0, 0.1) is 19.7 Å². The maximum absolute atomic E-state index is 13.0. The van der Waals surface area contributed by atoms with E-state index < -0.39 is 0 Å². The van der Waals surface area contributed by atoms with E-state index in [0.717, 1.165) is 5.56 Å². The topological polar surface area (TPSA) is 48.0 Å². The molecular formula is C19H16ClFN2O2. The van der Waals surface area contributed by atoms with Gasteiger partial charge in [-0.05, 0) is 55.8 Å². The number of furan rings is 1. The fourth-order valence-corrected chi connectivity index (χ4v) is 2.73. The molecule has 0 radical (unpaired) electrons. The van der Waals surface area contributed by atoms with Crippen molar-refractivity contribution in [2.24, 2.45) is 0 Å². The molecule has 0 spiro atoms. The smallest absolute Gasteiger partial charge is 0.221 e. The van der Waals surface area contributed by atoms with Crippen molar-refractivity contribution in [1.82, 2.24) is 9.78 Å². The van der Waals surface area contributed by atoms with Crippen LogP contribution in [0.4, 0.5) is 4.39 Å². The van der Waals surface area contributed by atoms with Crippen LogP contribution in [0.15, 0.2) is 46.9 Å². The number of nitrogens with zero attached hydrogens (tertiary/aromatic N) is 2. The summed E-state index contributed by atoms with van der Waals surface area (Å²) < 4.78 is 19.9. The van der Waals surface area contributed by atoms with Gasteiger partial charge in [0.15, 0.2) is 5.76 Å². The number of halogens is 2. The van der Waals surface area contributed by atoms with E-state index in [4.69, 9.17) is 16.0 Å². The number of hydrogen-bond acceptors (Lipinski definition) is 3. The molecule has 128 valence electrons. The summed E-state index contributed by atoms with van der Waals surface area (Å²) in [4.78, 5) is 12.1. The zero-order chi connectivity index (χ0) is 18.0. The van der Waals surface area contributed by atoms with Crippen LogP contribution in [0.1, 0.15) is 33.1 Å². The number of carbonyl (C=O) groups excluding carboxylic acids is 1. The highest BCUT2D eigenvalue weighted by atomic mass is 35.5. The summed E-state index contributed by atoms with van der Waals surface area (Å²) in [6.07, 6.45) is 3.04. The van der Waals surface area contributed by atoms with Crippen molar-refractivity contribution in [3.05, 3.63) is 81.8 Å². The molecule has 3 aromatic rings. The molecule has 0 bridgehead atoms. The first-order chi connectivity index (χ1) is 11.9. The maximum Gasteiger partial charge on any atom is 0.221 e. The highest BCUT2D eigenvalue weighted by molar-refractivity contribution is 6.31. The zero-order valence-corrected chi connectivity index (χ0v) is 14.5. The van der Waals surface area contributed by atoms with Gasteiger partial charge in [-0.25, -0.2) is 9.07 Å². The van der Waals surface area contributed by atoms with Crippen LogP contribution < -0.4 is 0 Å². The minimum absolute atomic E-state index is 0.241. The zero-order valence-electron chi connectivity index (χ0n) is 13.8. The second-order valence-corrected chi connectivity index (χ2v) is 6.04. The number of ketones is 1. The molecule has 0 aliphatic heterocycles. The van der Waals surface area contributed by atoms with Crippen LogP contribution in [-0.4, -0.2) is 15.6 Å². The summed E-state index contributed by atoms with van der Waals surface area (Å²) in [6.45, 7) is 4.01. The van der Waals surface area contributed by atoms with Crippen LogP contribution >= 0.6 is 11.6 Å². The first-order valence-electron chi connectivity index (χ1n) is 7.70. The monoisotopic (exact) mass is 358 g/mol. The van der Waals surface area contributed by atoms with Gasteiger partial charge in [-0.3, -0.25) is 4.79 Å². The predicted octanol–water partition coefficient (Wildman–Crippen LogP) is 4.83. The van der Waals surface area contributed by atoms with Gasteiger partial charge in [0.25, 0.3) is 0 Å². The molecule has 0 N–H and O–H groups in total. The molecule has 25 heavy (non-hydrogen) atoms. The van der Waals surface area contributed by atoms with Gasteiger partial charge in [0.1, 0.15) is 16.7 Å². The van der Waals surface area contributed by atoms with Crippen molar-refractivity contribution in [2.45, 2.75) is 20.4 Å². The van der Waals surface area contributed by atoms with Crippen LogP contribution in [0.3, 0.4) is 0 Å². The lowest BCUT2D eigenvalue weighted by atomic mass is 10.2. The summed E-state index contributed by atoms with van der Waals surface area (Å²) in [5.41, 5.74) is 2.25. The highest BCUT2D eigenvalue weighted by Gasteiger charge is 2.13. The molecule has 0 saturated carbocycles. The van der Waals surface area contributed by atoms with Crippen molar-refractivity contribution in [3.8, 4) is 0 Å². The third-order valence-corrected chi connectivity index (χ3v) is 4.14. The van der Waals surface area contributed by atoms with Gasteiger partial charge >= 0.3 is 0 Å². The molecule has 6 heteroatoms. The van der Waals surface area contributed by atoms with E-state index in [-0.39, 0.29) is 17.4 Å². The molecule has 2 heterocycles. The van der Waals surface area contributed by atoms with E-state index in [1.54, 1.807) is 41.9 Å². The number of hydrogen-bond donors (Lipinski definition) is 0. The van der Waals surface area contributed by atoms with E-state index in [1.165, 1.54) is 18.2 Å². The first-order valence-corrected chi connectivity index (χ1v) is 8.08. The van der Waals surface area contributed by atoms with Crippen molar-refractivity contribution < 1.29 is 13.6 Å². The molecule has 0 atom stereocenters. The number of aryl methyl sites for hydroxylation is 2. The van der Waals surface area contributed by atoms with Crippen LogP contribution in [-0.2, 0) is 6.54 Å². The lowest BCUT2D eigenvalue weighted by molar-refractivity contribution is 0.102. The van der Waals surface area contributed by atoms with Crippen molar-refractivity contribution in [3.63, 3.8) is 0 Å². The third kappa shape index (κ3) is 3.88. The second kappa shape index (κ2) is 7.07. The quantitative estimate of drug-likeness (QED) is 0.485. The van der Waals surface area contributed by atoms with E-state index in [2.05, 4.69) is 5.10 Å². The summed E-state index contributed by atoms with van der Waals surface area (Å²) in [6, 6.07) is 9.52. The fourth-order valence-electron chi connectivity index (χ4n) is 2.43. The summed E-state index contributed by atoms with van der Waals surface area (Å²) in [5.74, 6) is 0.427. The third-order valence-electron chi connectivity index (χ3n) is 3.74. The largest absolute Gasteiger partial charge is 0.458 e. The lowest BCUT2D eigenvalue weighted by Gasteiger charge is -2.03. The van der Waals surface area contributed by atoms with E-state index in [1.807, 2.05) is 6.92 Å². The SMILES string of the molecule is Cc1ccc(C(=O)/C=C\c2c(C)nn(Cc3ccc(F)cc3)c2Cl)o1. The average Bonchev–Trinajstić information content (AvgIpc) is 3.12. The molecule has 0 unspecified atom stereocenters. The Morgan fingerprint density at radius 2 is 1.96 bits per heavy atom. The first kappa shape index (κ1) is 17.2. The molecule has 1 aromatic carbocycles. The highest BCUT2D eigenvalue weighted by Crippen LogP contribution is 2.23.